The molecule has 0 aliphatic heterocycles. The van der Waals surface area contributed by atoms with Gasteiger partial charge in [0.25, 0.3) is 0 Å². The van der Waals surface area contributed by atoms with E-state index in [2.05, 4.69) is 19.2 Å². The van der Waals surface area contributed by atoms with Gasteiger partial charge in [0.15, 0.2) is 0 Å². The van der Waals surface area contributed by atoms with E-state index >= 15 is 0 Å². The van der Waals surface area contributed by atoms with E-state index in [0.717, 1.165) is 13.0 Å². The van der Waals surface area contributed by atoms with Crippen LogP contribution in [0.15, 0.2) is 18.2 Å². The van der Waals surface area contributed by atoms with Crippen molar-refractivity contribution in [3.63, 3.8) is 0 Å². The minimum absolute atomic E-state index is 0.0433. The number of rotatable bonds is 7. The van der Waals surface area contributed by atoms with Crippen molar-refractivity contribution in [1.82, 2.24) is 5.32 Å². The molecule has 0 amide bonds. The molecule has 0 bridgehead atoms. The van der Waals surface area contributed by atoms with Crippen LogP contribution in [0.5, 0.6) is 0 Å². The van der Waals surface area contributed by atoms with Crippen LogP contribution >= 0.6 is 11.6 Å². The van der Waals surface area contributed by atoms with E-state index in [9.17, 15) is 9.18 Å². The molecule has 4 heteroatoms. The highest BCUT2D eigenvalue weighted by Crippen LogP contribution is 2.18. The molecule has 0 aromatic heterocycles. The zero-order valence-corrected chi connectivity index (χ0v) is 11.6. The summed E-state index contributed by atoms with van der Waals surface area (Å²) in [5.41, 5.74) is 0.379. The lowest BCUT2D eigenvalue weighted by Crippen LogP contribution is -2.24. The highest BCUT2D eigenvalue weighted by atomic mass is 35.5. The molecular weight excluding hydrogens is 253 g/mol. The molecule has 1 aromatic rings. The molecule has 0 heterocycles. The lowest BCUT2D eigenvalue weighted by atomic mass is 10.1. The maximum Gasteiger partial charge on any atom is 0.145 e. The van der Waals surface area contributed by atoms with Gasteiger partial charge >= 0.3 is 0 Å². The first-order chi connectivity index (χ1) is 8.50. The minimum Gasteiger partial charge on any atom is -0.315 e. The number of hydrogen-bond donors (Lipinski definition) is 1. The molecule has 1 aromatic carbocycles. The van der Waals surface area contributed by atoms with Crippen molar-refractivity contribution in [1.29, 1.82) is 0 Å². The number of hydrogen-bond acceptors (Lipinski definition) is 2. The van der Waals surface area contributed by atoms with E-state index in [-0.39, 0.29) is 17.2 Å². The van der Waals surface area contributed by atoms with Crippen molar-refractivity contribution < 1.29 is 9.18 Å². The lowest BCUT2D eigenvalue weighted by molar-refractivity contribution is -0.118. The van der Waals surface area contributed by atoms with Crippen LogP contribution in [0.1, 0.15) is 32.3 Å². The van der Waals surface area contributed by atoms with Crippen molar-refractivity contribution in [3.05, 3.63) is 34.6 Å². The second-order valence-electron chi connectivity index (χ2n) is 4.64. The van der Waals surface area contributed by atoms with E-state index in [4.69, 9.17) is 11.6 Å². The Balaban J connectivity index is 2.38. The molecule has 2 nitrogen and oxygen atoms in total. The van der Waals surface area contributed by atoms with Gasteiger partial charge in [-0.25, -0.2) is 4.39 Å². The zero-order chi connectivity index (χ0) is 13.5. The molecule has 0 saturated heterocycles. The van der Waals surface area contributed by atoms with Crippen molar-refractivity contribution >= 4 is 17.4 Å². The summed E-state index contributed by atoms with van der Waals surface area (Å²) in [6.45, 7) is 4.92. The molecule has 0 spiro atoms. The van der Waals surface area contributed by atoms with Gasteiger partial charge in [-0.3, -0.25) is 4.79 Å². The second kappa shape index (κ2) is 7.49. The third-order valence-electron chi connectivity index (χ3n) is 2.60. The molecule has 0 fully saturated rings. The van der Waals surface area contributed by atoms with Crippen LogP contribution in [0.4, 0.5) is 4.39 Å². The van der Waals surface area contributed by atoms with E-state index in [1.165, 1.54) is 6.07 Å². The summed E-state index contributed by atoms with van der Waals surface area (Å²) in [5, 5.41) is 3.31. The quantitative estimate of drug-likeness (QED) is 0.771. The summed E-state index contributed by atoms with van der Waals surface area (Å²) < 4.78 is 13.6. The van der Waals surface area contributed by atoms with Gasteiger partial charge in [-0.05, 0) is 24.6 Å². The fourth-order valence-corrected chi connectivity index (χ4v) is 1.86. The first-order valence-corrected chi connectivity index (χ1v) is 6.56. The van der Waals surface area contributed by atoms with Crippen molar-refractivity contribution in [2.75, 3.05) is 6.54 Å². The SMILES string of the molecule is CC(C)NCCCC(=O)Cc1cccc(Cl)c1F. The number of carbonyl (C=O) groups excluding carboxylic acids is 1. The molecule has 1 N–H and O–H groups in total. The van der Waals surface area contributed by atoms with Gasteiger partial charge in [0.1, 0.15) is 11.6 Å². The van der Waals surface area contributed by atoms with Crippen LogP contribution in [0.3, 0.4) is 0 Å². The van der Waals surface area contributed by atoms with Gasteiger partial charge in [-0.15, -0.1) is 0 Å². The Hall–Kier alpha value is -0.930. The van der Waals surface area contributed by atoms with Crippen LogP contribution in [0, 0.1) is 5.82 Å². The first-order valence-electron chi connectivity index (χ1n) is 6.18. The second-order valence-corrected chi connectivity index (χ2v) is 5.05. The molecule has 0 saturated carbocycles. The monoisotopic (exact) mass is 271 g/mol. The van der Waals surface area contributed by atoms with Gasteiger partial charge in [0, 0.05) is 18.9 Å². The number of ketones is 1. The standard InChI is InChI=1S/C14H19ClFNO/c1-10(2)17-8-4-6-12(18)9-11-5-3-7-13(15)14(11)16/h3,5,7,10,17H,4,6,8-9H2,1-2H3. The lowest BCUT2D eigenvalue weighted by Gasteiger charge is -2.07. The van der Waals surface area contributed by atoms with Gasteiger partial charge < -0.3 is 5.32 Å². The van der Waals surface area contributed by atoms with Crippen LogP contribution in [0.25, 0.3) is 0 Å². The average molecular weight is 272 g/mol. The summed E-state index contributed by atoms with van der Waals surface area (Å²) in [4.78, 5) is 11.7. The minimum atomic E-state index is -0.479. The summed E-state index contributed by atoms with van der Waals surface area (Å²) in [5.74, 6) is -0.436. The highest BCUT2D eigenvalue weighted by Gasteiger charge is 2.10. The largest absolute Gasteiger partial charge is 0.315 e. The number of nitrogens with one attached hydrogen (secondary N) is 1. The Labute approximate surface area is 113 Å². The van der Waals surface area contributed by atoms with Crippen LogP contribution in [-0.4, -0.2) is 18.4 Å². The van der Waals surface area contributed by atoms with E-state index in [1.54, 1.807) is 12.1 Å². The van der Waals surface area contributed by atoms with Crippen molar-refractivity contribution in [3.8, 4) is 0 Å². The molecule has 18 heavy (non-hydrogen) atoms. The van der Waals surface area contributed by atoms with Gasteiger partial charge in [0.2, 0.25) is 0 Å². The molecule has 1 rings (SSSR count). The van der Waals surface area contributed by atoms with Crippen molar-refractivity contribution in [2.24, 2.45) is 0 Å². The number of carbonyl (C=O) groups is 1. The van der Waals surface area contributed by atoms with Crippen LogP contribution < -0.4 is 5.32 Å². The highest BCUT2D eigenvalue weighted by molar-refractivity contribution is 6.30. The van der Waals surface area contributed by atoms with Crippen LogP contribution in [0.2, 0.25) is 5.02 Å². The van der Waals surface area contributed by atoms with Gasteiger partial charge in [0.05, 0.1) is 5.02 Å². The van der Waals surface area contributed by atoms with E-state index in [0.29, 0.717) is 18.0 Å². The number of halogens is 2. The molecule has 0 radical (unpaired) electrons. The topological polar surface area (TPSA) is 29.1 Å². The summed E-state index contributed by atoms with van der Waals surface area (Å²) in [6, 6.07) is 5.17. The molecule has 0 aliphatic rings. The van der Waals surface area contributed by atoms with E-state index in [1.807, 2.05) is 0 Å². The Morgan fingerprint density at radius 1 is 1.44 bits per heavy atom. The molecular formula is C14H19ClFNO. The smallest absolute Gasteiger partial charge is 0.145 e. The fourth-order valence-electron chi connectivity index (χ4n) is 1.66. The first kappa shape index (κ1) is 15.1. The maximum absolute atomic E-state index is 13.6. The third-order valence-corrected chi connectivity index (χ3v) is 2.90. The average Bonchev–Trinajstić information content (AvgIpc) is 2.30. The normalized spacial score (nSPS) is 10.9. The Morgan fingerprint density at radius 2 is 2.17 bits per heavy atom. The van der Waals surface area contributed by atoms with Gasteiger partial charge in [-0.1, -0.05) is 37.6 Å². The fraction of sp³-hybridized carbons (Fsp3) is 0.500. The van der Waals surface area contributed by atoms with Gasteiger partial charge in [-0.2, -0.15) is 0 Å². The Bertz CT molecular complexity index is 407. The Kier molecular flexibility index (Phi) is 6.30. The summed E-state index contributed by atoms with van der Waals surface area (Å²) in [7, 11) is 0. The molecule has 100 valence electrons. The molecule has 0 atom stereocenters. The van der Waals surface area contributed by atoms with Crippen molar-refractivity contribution in [2.45, 2.75) is 39.2 Å². The zero-order valence-electron chi connectivity index (χ0n) is 10.8. The Morgan fingerprint density at radius 3 is 2.83 bits per heavy atom. The predicted molar refractivity (Wildman–Crippen MR) is 72.5 cm³/mol. The molecule has 0 aliphatic carbocycles. The number of benzene rings is 1. The summed E-state index contributed by atoms with van der Waals surface area (Å²) in [6.07, 6.45) is 1.36. The van der Waals surface area contributed by atoms with Crippen LogP contribution in [-0.2, 0) is 11.2 Å². The summed E-state index contributed by atoms with van der Waals surface area (Å²) >= 11 is 5.66. The maximum atomic E-state index is 13.6. The number of Topliss-reactive ketones (excluding diaryl/α,β-unsaturated/α-hetero) is 1. The van der Waals surface area contributed by atoms with E-state index < -0.39 is 5.82 Å². The molecule has 0 unspecified atom stereocenters. The third kappa shape index (κ3) is 5.15. The predicted octanol–water partition coefficient (Wildman–Crippen LogP) is 3.37.